The number of benzene rings is 6. The van der Waals surface area contributed by atoms with E-state index >= 15 is 0 Å². The molecule has 0 bridgehead atoms. The van der Waals surface area contributed by atoms with Gasteiger partial charge in [0.15, 0.2) is 0 Å². The van der Waals surface area contributed by atoms with E-state index in [1.807, 2.05) is 24.4 Å². The molecule has 249 valence electrons. The van der Waals surface area contributed by atoms with Gasteiger partial charge in [-0.2, -0.15) is 0 Å². The van der Waals surface area contributed by atoms with Gasteiger partial charge in [0, 0.05) is 44.8 Å². The summed E-state index contributed by atoms with van der Waals surface area (Å²) in [5.74, 6) is 0. The summed E-state index contributed by atoms with van der Waals surface area (Å²) in [5, 5.41) is 7.78. The van der Waals surface area contributed by atoms with Gasteiger partial charge in [0.25, 0.3) is 0 Å². The summed E-state index contributed by atoms with van der Waals surface area (Å²) in [6, 6.07) is 46.1. The summed E-state index contributed by atoms with van der Waals surface area (Å²) in [6.07, 6.45) is 3.07. The average molecular weight is 834 g/mol. The Morgan fingerprint density at radius 3 is 1.78 bits per heavy atom. The number of rotatable bonds is 3. The van der Waals surface area contributed by atoms with Gasteiger partial charge < -0.3 is 9.97 Å². The van der Waals surface area contributed by atoms with Gasteiger partial charge >= 0.3 is 0 Å². The van der Waals surface area contributed by atoms with E-state index < -0.39 is 20.6 Å². The van der Waals surface area contributed by atoms with Crippen LogP contribution in [0.1, 0.15) is 55.4 Å². The molecule has 0 N–H and O–H groups in total. The molecule has 6 aromatic carbocycles. The molecule has 0 fully saturated rings. The summed E-state index contributed by atoms with van der Waals surface area (Å²) in [6.45, 7) is -0.703. The van der Waals surface area contributed by atoms with Gasteiger partial charge in [-0.1, -0.05) is 106 Å². The molecule has 50 heavy (non-hydrogen) atoms. The zero-order valence-electron chi connectivity index (χ0n) is 36.9. The maximum atomic E-state index is 7.54. The molecule has 0 unspecified atom stereocenters. The molecular weight excluding hydrogens is 785 g/mol. The van der Waals surface area contributed by atoms with E-state index in [0.717, 1.165) is 17.5 Å². The van der Waals surface area contributed by atoms with Crippen molar-refractivity contribution in [3.05, 3.63) is 168 Å². The Hall–Kier alpha value is -4.95. The molecule has 3 heteroatoms. The maximum absolute atomic E-state index is 7.54. The molecule has 0 amide bonds. The fraction of sp³-hybridized carbons (Fsp3) is 0.149. The molecule has 2 aromatic heterocycles. The number of pyridine rings is 2. The summed E-state index contributed by atoms with van der Waals surface area (Å²) >= 11 is 0. The number of aromatic nitrogens is 2. The first kappa shape index (κ1) is 25.1. The fourth-order valence-electron chi connectivity index (χ4n) is 6.25. The standard InChI is InChI=1S/C33H26N.C14H14N.Ir/c1-33(2,3)31-21-34-32(22-11-5-4-6-12-22)20-29(31)23-17-18-28-26-15-8-7-13-24(26)25-14-9-10-16-27(25)30(28)19-23;1-10-4-6-13(7-5-10)14-8-11(2)12(3)9-15-14;/h4-11,13-21H,1-3H3;4-6,8-9H,1-3H3;/q2*-1;/i;1D3,2D3,3D3;. The van der Waals surface area contributed by atoms with Gasteiger partial charge in [-0.15, -0.1) is 71.3 Å². The molecular formula is C47H40IrN2-2. The second-order valence-electron chi connectivity index (χ2n) is 13.1. The van der Waals surface area contributed by atoms with Gasteiger partial charge in [-0.3, -0.25) is 0 Å². The fourth-order valence-corrected chi connectivity index (χ4v) is 6.25. The largest absolute Gasteiger partial charge is 0.304 e. The van der Waals surface area contributed by atoms with E-state index in [0.29, 0.717) is 5.56 Å². The molecule has 0 aliphatic heterocycles. The SMILES string of the molecule is CC(C)(C)c1cnc(-c2[c-]cccc2)cc1-c1ccc2c3ccccc3c3ccccc3c2c1.[2H]C([2H])([2H])c1c[c-]c(-c2cc(C([2H])([2H])[2H])c(C([2H])([2H])[2H])cn2)cc1.[Ir]. The van der Waals surface area contributed by atoms with Gasteiger partial charge in [-0.25, -0.2) is 0 Å². The van der Waals surface area contributed by atoms with Crippen molar-refractivity contribution >= 4 is 32.3 Å². The van der Waals surface area contributed by atoms with Crippen molar-refractivity contribution in [3.8, 4) is 33.6 Å². The monoisotopic (exact) mass is 834 g/mol. The molecule has 0 saturated heterocycles. The summed E-state index contributed by atoms with van der Waals surface area (Å²) in [7, 11) is 0. The summed E-state index contributed by atoms with van der Waals surface area (Å²) in [4.78, 5) is 8.82. The van der Waals surface area contributed by atoms with E-state index in [9.17, 15) is 0 Å². The predicted octanol–water partition coefficient (Wildman–Crippen LogP) is 12.4. The first-order chi connectivity index (χ1) is 27.3. The van der Waals surface area contributed by atoms with Crippen LogP contribution in [0.25, 0.3) is 66.0 Å². The molecule has 0 saturated carbocycles. The van der Waals surface area contributed by atoms with E-state index in [1.165, 1.54) is 73.3 Å². The van der Waals surface area contributed by atoms with Crippen LogP contribution in [0.15, 0.2) is 134 Å². The van der Waals surface area contributed by atoms with Crippen molar-refractivity contribution in [1.29, 1.82) is 0 Å². The van der Waals surface area contributed by atoms with Crippen molar-refractivity contribution in [2.45, 2.75) is 46.7 Å². The van der Waals surface area contributed by atoms with E-state index in [2.05, 4.69) is 117 Å². The van der Waals surface area contributed by atoms with Crippen LogP contribution in [0.5, 0.6) is 0 Å². The predicted molar refractivity (Wildman–Crippen MR) is 208 cm³/mol. The summed E-state index contributed by atoms with van der Waals surface area (Å²) in [5.41, 5.74) is 5.70. The van der Waals surface area contributed by atoms with Crippen LogP contribution >= 0.6 is 0 Å². The van der Waals surface area contributed by atoms with Crippen LogP contribution in [-0.2, 0) is 25.5 Å². The average Bonchev–Trinajstić information content (AvgIpc) is 3.19. The van der Waals surface area contributed by atoms with Gasteiger partial charge in [-0.05, 0) is 91.1 Å². The molecule has 1 radical (unpaired) electrons. The second kappa shape index (κ2) is 14.5. The molecule has 2 heterocycles. The molecule has 8 aromatic rings. The van der Waals surface area contributed by atoms with Crippen molar-refractivity contribution in [1.82, 2.24) is 9.97 Å². The van der Waals surface area contributed by atoms with Crippen LogP contribution in [0, 0.1) is 32.7 Å². The van der Waals surface area contributed by atoms with Crippen LogP contribution in [0.3, 0.4) is 0 Å². The first-order valence-electron chi connectivity index (χ1n) is 20.7. The number of aryl methyl sites for hydroxylation is 3. The summed E-state index contributed by atoms with van der Waals surface area (Å²) < 4.78 is 66.9. The van der Waals surface area contributed by atoms with Crippen molar-refractivity contribution in [2.24, 2.45) is 0 Å². The normalized spacial score (nSPS) is 14.7. The smallest absolute Gasteiger partial charge is 0.0280 e. The quantitative estimate of drug-likeness (QED) is 0.131. The number of hydrogen-bond acceptors (Lipinski definition) is 2. The number of hydrogen-bond donors (Lipinski definition) is 0. The molecule has 8 rings (SSSR count). The van der Waals surface area contributed by atoms with Gasteiger partial charge in [0.05, 0.1) is 0 Å². The third-order valence-corrected chi connectivity index (χ3v) is 8.74. The first-order valence-corrected chi connectivity index (χ1v) is 16.2. The van der Waals surface area contributed by atoms with Crippen molar-refractivity contribution in [2.75, 3.05) is 0 Å². The third kappa shape index (κ3) is 7.03. The van der Waals surface area contributed by atoms with Gasteiger partial charge in [0.1, 0.15) is 0 Å². The minimum absolute atomic E-state index is 0. The van der Waals surface area contributed by atoms with E-state index in [4.69, 9.17) is 17.3 Å². The Labute approximate surface area is 322 Å². The van der Waals surface area contributed by atoms with Crippen LogP contribution < -0.4 is 0 Å². The third-order valence-electron chi connectivity index (χ3n) is 8.74. The molecule has 2 nitrogen and oxygen atoms in total. The van der Waals surface area contributed by atoms with Gasteiger partial charge in [0.2, 0.25) is 0 Å². The van der Waals surface area contributed by atoms with Crippen LogP contribution in [0.2, 0.25) is 0 Å². The topological polar surface area (TPSA) is 25.8 Å². The Morgan fingerprint density at radius 2 is 1.18 bits per heavy atom. The van der Waals surface area contributed by atoms with Crippen molar-refractivity contribution < 1.29 is 32.4 Å². The van der Waals surface area contributed by atoms with E-state index in [-0.39, 0.29) is 47.9 Å². The zero-order chi connectivity index (χ0) is 41.6. The van der Waals surface area contributed by atoms with Crippen LogP contribution in [0.4, 0.5) is 0 Å². The maximum Gasteiger partial charge on any atom is 0.0280 e. The second-order valence-corrected chi connectivity index (χ2v) is 13.1. The molecule has 0 aliphatic carbocycles. The van der Waals surface area contributed by atoms with E-state index in [1.54, 1.807) is 0 Å². The van der Waals surface area contributed by atoms with Crippen molar-refractivity contribution in [3.63, 3.8) is 0 Å². The number of nitrogens with zero attached hydrogens (tertiary/aromatic N) is 2. The Morgan fingerprint density at radius 1 is 0.560 bits per heavy atom. The Bertz CT molecular complexity index is 2730. The zero-order valence-corrected chi connectivity index (χ0v) is 30.3. The molecule has 0 spiro atoms. The molecule has 0 aliphatic rings. The Balaban J connectivity index is 0.000000208. The minimum atomic E-state index is -2.61. The Kier molecular flexibility index (Phi) is 7.27. The molecule has 0 atom stereocenters. The van der Waals surface area contributed by atoms with Crippen LogP contribution in [-0.4, -0.2) is 9.97 Å². The number of fused-ring (bicyclic) bond motifs is 6. The minimum Gasteiger partial charge on any atom is -0.304 e.